The Balaban J connectivity index is 1.44. The highest BCUT2D eigenvalue weighted by Crippen LogP contribution is 2.21. The number of benzene rings is 3. The number of carbonyl (C=O) groups is 1. The van der Waals surface area contributed by atoms with Crippen LogP contribution in [0.15, 0.2) is 77.6 Å². The molecule has 1 aliphatic rings. The first-order chi connectivity index (χ1) is 17.9. The fraction of sp³-hybridized carbons (Fsp3) is 0.179. The van der Waals surface area contributed by atoms with Gasteiger partial charge in [-0.3, -0.25) is 4.79 Å². The molecule has 1 aromatic heterocycles. The molecule has 0 saturated carbocycles. The van der Waals surface area contributed by atoms with Crippen LogP contribution in [0.4, 0.5) is 25.2 Å². The van der Waals surface area contributed by atoms with Gasteiger partial charge in [0.05, 0.1) is 23.5 Å². The van der Waals surface area contributed by atoms with Gasteiger partial charge in [-0.05, 0) is 36.8 Å². The van der Waals surface area contributed by atoms with Crippen LogP contribution in [-0.2, 0) is 19.5 Å². The van der Waals surface area contributed by atoms with Crippen LogP contribution < -0.4 is 16.2 Å². The van der Waals surface area contributed by atoms with Gasteiger partial charge in [-0.1, -0.05) is 48.0 Å². The van der Waals surface area contributed by atoms with Gasteiger partial charge in [0.25, 0.3) is 5.56 Å². The normalized spacial score (nSPS) is 12.7. The second-order valence-electron chi connectivity index (χ2n) is 8.91. The third-order valence-corrected chi connectivity index (χ3v) is 6.27. The number of urea groups is 1. The second-order valence-corrected chi connectivity index (χ2v) is 8.91. The van der Waals surface area contributed by atoms with Crippen LogP contribution in [0.25, 0.3) is 5.69 Å². The average Bonchev–Trinajstić information content (AvgIpc) is 2.91. The number of rotatable bonds is 5. The number of halogens is 2. The van der Waals surface area contributed by atoms with E-state index in [9.17, 15) is 18.4 Å². The maximum Gasteiger partial charge on any atom is 0.322 e. The zero-order valence-electron chi connectivity index (χ0n) is 20.2. The number of aryl methyl sites for hydroxylation is 1. The van der Waals surface area contributed by atoms with Crippen molar-refractivity contribution in [1.82, 2.24) is 14.5 Å². The summed E-state index contributed by atoms with van der Waals surface area (Å²) in [7, 11) is 0. The molecule has 9 heteroatoms. The monoisotopic (exact) mass is 501 g/mol. The van der Waals surface area contributed by atoms with Gasteiger partial charge in [0.2, 0.25) is 5.95 Å². The minimum Gasteiger partial charge on any atom is -0.351 e. The molecule has 0 radical (unpaired) electrons. The van der Waals surface area contributed by atoms with Crippen molar-refractivity contribution in [1.29, 1.82) is 0 Å². The Morgan fingerprint density at radius 2 is 1.76 bits per heavy atom. The molecule has 188 valence electrons. The summed E-state index contributed by atoms with van der Waals surface area (Å²) < 4.78 is 28.3. The Bertz CT molecular complexity index is 1500. The van der Waals surface area contributed by atoms with Crippen molar-refractivity contribution < 1.29 is 13.6 Å². The first-order valence-electron chi connectivity index (χ1n) is 11.9. The molecule has 2 N–H and O–H groups in total. The van der Waals surface area contributed by atoms with Crippen molar-refractivity contribution in [3.8, 4) is 5.69 Å². The standard InChI is InChI=1S/C28H25F2N5O2/c1-18-7-9-19(10-8-18)16-31-27-33-25-13-14-34(28(37)32-20-11-12-23(29)24(30)15-20)17-22(25)26(36)35(27)21-5-3-2-4-6-21/h2-12,15H,13-14,16-17H2,1H3,(H,31,33)(H,32,37). The summed E-state index contributed by atoms with van der Waals surface area (Å²) in [6, 6.07) is 19.9. The molecule has 5 rings (SSSR count). The number of nitrogens with one attached hydrogen (secondary N) is 2. The van der Waals surface area contributed by atoms with Crippen molar-refractivity contribution in [3.63, 3.8) is 0 Å². The van der Waals surface area contributed by atoms with Gasteiger partial charge in [-0.15, -0.1) is 0 Å². The number of carbonyl (C=O) groups excluding carboxylic acids is 1. The van der Waals surface area contributed by atoms with Crippen molar-refractivity contribution in [2.75, 3.05) is 17.2 Å². The van der Waals surface area contributed by atoms with Gasteiger partial charge >= 0.3 is 6.03 Å². The van der Waals surface area contributed by atoms with E-state index in [2.05, 4.69) is 10.6 Å². The molecule has 0 spiro atoms. The highest BCUT2D eigenvalue weighted by atomic mass is 19.2. The first-order valence-corrected chi connectivity index (χ1v) is 11.9. The molecule has 0 bridgehead atoms. The lowest BCUT2D eigenvalue weighted by atomic mass is 10.1. The zero-order valence-corrected chi connectivity index (χ0v) is 20.2. The fourth-order valence-corrected chi connectivity index (χ4v) is 4.25. The van der Waals surface area contributed by atoms with E-state index in [-0.39, 0.29) is 17.8 Å². The number of para-hydroxylation sites is 1. The SMILES string of the molecule is Cc1ccc(CNc2nc3c(c(=O)n2-c2ccccc2)CN(C(=O)Nc2ccc(F)c(F)c2)CC3)cc1. The van der Waals surface area contributed by atoms with Crippen LogP contribution in [0.1, 0.15) is 22.4 Å². The zero-order chi connectivity index (χ0) is 25.9. The third kappa shape index (κ3) is 5.20. The van der Waals surface area contributed by atoms with Crippen LogP contribution >= 0.6 is 0 Å². The van der Waals surface area contributed by atoms with Crippen molar-refractivity contribution in [2.24, 2.45) is 0 Å². The molecule has 2 amide bonds. The first kappa shape index (κ1) is 24.2. The number of amides is 2. The fourth-order valence-electron chi connectivity index (χ4n) is 4.25. The van der Waals surface area contributed by atoms with E-state index in [1.54, 1.807) is 0 Å². The van der Waals surface area contributed by atoms with Crippen LogP contribution in [0, 0.1) is 18.6 Å². The minimum absolute atomic E-state index is 0.0434. The molecular formula is C28H25F2N5O2. The molecule has 1 aliphatic heterocycles. The van der Waals surface area contributed by atoms with Gasteiger partial charge in [-0.2, -0.15) is 0 Å². The molecule has 0 unspecified atom stereocenters. The van der Waals surface area contributed by atoms with E-state index in [0.717, 1.165) is 23.3 Å². The quantitative estimate of drug-likeness (QED) is 0.403. The Kier molecular flexibility index (Phi) is 6.68. The van der Waals surface area contributed by atoms with Gasteiger partial charge in [0, 0.05) is 31.3 Å². The minimum atomic E-state index is -1.05. The Morgan fingerprint density at radius 1 is 1.00 bits per heavy atom. The topological polar surface area (TPSA) is 79.3 Å². The van der Waals surface area contributed by atoms with E-state index < -0.39 is 17.7 Å². The summed E-state index contributed by atoms with van der Waals surface area (Å²) >= 11 is 0. The highest BCUT2D eigenvalue weighted by Gasteiger charge is 2.27. The van der Waals surface area contributed by atoms with Gasteiger partial charge in [0.1, 0.15) is 0 Å². The van der Waals surface area contributed by atoms with E-state index in [4.69, 9.17) is 4.98 Å². The molecule has 0 fully saturated rings. The largest absolute Gasteiger partial charge is 0.351 e. The van der Waals surface area contributed by atoms with Crippen LogP contribution in [0.5, 0.6) is 0 Å². The Morgan fingerprint density at radius 3 is 2.49 bits per heavy atom. The van der Waals surface area contributed by atoms with Gasteiger partial charge in [-0.25, -0.2) is 23.1 Å². The second kappa shape index (κ2) is 10.2. The van der Waals surface area contributed by atoms with Crippen molar-refractivity contribution >= 4 is 17.7 Å². The molecule has 0 atom stereocenters. The number of fused-ring (bicyclic) bond motifs is 1. The number of hydrogen-bond donors (Lipinski definition) is 2. The molecule has 0 saturated heterocycles. The summed E-state index contributed by atoms with van der Waals surface area (Å²) in [4.78, 5) is 32.8. The van der Waals surface area contributed by atoms with E-state index in [0.29, 0.717) is 42.4 Å². The Hall–Kier alpha value is -4.53. The van der Waals surface area contributed by atoms with E-state index in [1.165, 1.54) is 15.5 Å². The molecule has 4 aromatic rings. The molecule has 37 heavy (non-hydrogen) atoms. The maximum absolute atomic E-state index is 13.7. The summed E-state index contributed by atoms with van der Waals surface area (Å²) in [6.45, 7) is 2.88. The summed E-state index contributed by atoms with van der Waals surface area (Å²) in [5, 5.41) is 5.88. The lowest BCUT2D eigenvalue weighted by molar-refractivity contribution is 0.205. The highest BCUT2D eigenvalue weighted by molar-refractivity contribution is 5.89. The van der Waals surface area contributed by atoms with Gasteiger partial charge < -0.3 is 15.5 Å². The maximum atomic E-state index is 13.7. The van der Waals surface area contributed by atoms with Crippen LogP contribution in [-0.4, -0.2) is 27.0 Å². The summed E-state index contributed by atoms with van der Waals surface area (Å²) in [5.41, 5.74) is 3.76. The third-order valence-electron chi connectivity index (χ3n) is 6.27. The van der Waals surface area contributed by atoms with Gasteiger partial charge in [0.15, 0.2) is 11.6 Å². The molecule has 3 aromatic carbocycles. The lowest BCUT2D eigenvalue weighted by Crippen LogP contribution is -2.43. The smallest absolute Gasteiger partial charge is 0.322 e. The van der Waals surface area contributed by atoms with Crippen molar-refractivity contribution in [3.05, 3.63) is 117 Å². The Labute approximate surface area is 212 Å². The number of anilines is 2. The predicted molar refractivity (Wildman–Crippen MR) is 138 cm³/mol. The predicted octanol–water partition coefficient (Wildman–Crippen LogP) is 5.02. The lowest BCUT2D eigenvalue weighted by Gasteiger charge is -2.29. The van der Waals surface area contributed by atoms with Crippen molar-refractivity contribution in [2.45, 2.75) is 26.4 Å². The number of hydrogen-bond acceptors (Lipinski definition) is 4. The number of aromatic nitrogens is 2. The molecular weight excluding hydrogens is 476 g/mol. The molecule has 2 heterocycles. The molecule has 7 nitrogen and oxygen atoms in total. The number of nitrogens with zero attached hydrogens (tertiary/aromatic N) is 3. The molecule has 0 aliphatic carbocycles. The van der Waals surface area contributed by atoms with Crippen LogP contribution in [0.2, 0.25) is 0 Å². The van der Waals surface area contributed by atoms with E-state index in [1.807, 2.05) is 61.5 Å². The van der Waals surface area contributed by atoms with E-state index >= 15 is 0 Å². The van der Waals surface area contributed by atoms with Crippen LogP contribution in [0.3, 0.4) is 0 Å². The summed E-state index contributed by atoms with van der Waals surface area (Å²) in [6.07, 6.45) is 0.380. The average molecular weight is 502 g/mol. The summed E-state index contributed by atoms with van der Waals surface area (Å²) in [5.74, 6) is -1.62.